The summed E-state index contributed by atoms with van der Waals surface area (Å²) in [4.78, 5) is 13.6. The van der Waals surface area contributed by atoms with Gasteiger partial charge in [-0.25, -0.2) is 0 Å². The molecule has 1 aromatic rings. The highest BCUT2D eigenvalue weighted by Crippen LogP contribution is 2.13. The first-order valence-corrected chi connectivity index (χ1v) is 6.38. The zero-order chi connectivity index (χ0) is 12.0. The molecule has 0 amide bonds. The fourth-order valence-electron chi connectivity index (χ4n) is 1.23. The number of hydrogen-bond donors (Lipinski definition) is 1. The van der Waals surface area contributed by atoms with E-state index >= 15 is 0 Å². The maximum Gasteiger partial charge on any atom is 0.363 e. The molecule has 1 heterocycles. The highest BCUT2D eigenvalue weighted by molar-refractivity contribution is 7.98. The molecule has 0 aliphatic rings. The van der Waals surface area contributed by atoms with E-state index in [0.29, 0.717) is 6.04 Å². The van der Waals surface area contributed by atoms with Gasteiger partial charge in [-0.05, 0) is 41.3 Å². The molecule has 0 aliphatic carbocycles. The molecule has 1 atom stereocenters. The van der Waals surface area contributed by atoms with Gasteiger partial charge in [0.1, 0.15) is 0 Å². The molecular formula is C10H15N3O2S. The third-order valence-corrected chi connectivity index (χ3v) is 2.75. The molecule has 0 bridgehead atoms. The van der Waals surface area contributed by atoms with Crippen molar-refractivity contribution in [2.75, 3.05) is 17.3 Å². The van der Waals surface area contributed by atoms with Crippen molar-refractivity contribution in [3.05, 3.63) is 28.4 Å². The van der Waals surface area contributed by atoms with Crippen LogP contribution < -0.4 is 5.32 Å². The largest absolute Gasteiger partial charge is 0.380 e. The summed E-state index contributed by atoms with van der Waals surface area (Å²) in [5.41, 5.74) is 0.819. The molecule has 1 unspecified atom stereocenters. The number of thioether (sulfide) groups is 1. The predicted molar refractivity (Wildman–Crippen MR) is 67.0 cm³/mol. The molecule has 1 rings (SSSR count). The van der Waals surface area contributed by atoms with E-state index in [1.54, 1.807) is 17.8 Å². The lowest BCUT2D eigenvalue weighted by molar-refractivity contribution is -0.389. The van der Waals surface area contributed by atoms with Gasteiger partial charge < -0.3 is 15.4 Å². The first-order chi connectivity index (χ1) is 7.63. The van der Waals surface area contributed by atoms with Crippen molar-refractivity contribution >= 4 is 23.3 Å². The van der Waals surface area contributed by atoms with Crippen LogP contribution in [0.25, 0.3) is 0 Å². The highest BCUT2D eigenvalue weighted by Gasteiger charge is 2.07. The molecule has 88 valence electrons. The molecule has 1 N–H and O–H groups in total. The Balaban J connectivity index is 2.51. The van der Waals surface area contributed by atoms with Crippen LogP contribution in [0.3, 0.4) is 0 Å². The second-order valence-electron chi connectivity index (χ2n) is 3.49. The molecule has 0 aliphatic heterocycles. The third kappa shape index (κ3) is 4.06. The Morgan fingerprint density at radius 1 is 1.62 bits per heavy atom. The van der Waals surface area contributed by atoms with Crippen molar-refractivity contribution in [2.24, 2.45) is 0 Å². The van der Waals surface area contributed by atoms with E-state index in [1.165, 1.54) is 12.3 Å². The Labute approximate surface area is 98.8 Å². The lowest BCUT2D eigenvalue weighted by atomic mass is 10.2. The smallest absolute Gasteiger partial charge is 0.363 e. The second-order valence-corrected chi connectivity index (χ2v) is 4.47. The maximum atomic E-state index is 10.4. The van der Waals surface area contributed by atoms with E-state index < -0.39 is 4.92 Å². The predicted octanol–water partition coefficient (Wildman–Crippen LogP) is 2.54. The molecule has 6 heteroatoms. The monoisotopic (exact) mass is 241 g/mol. The van der Waals surface area contributed by atoms with Gasteiger partial charge in [-0.1, -0.05) is 0 Å². The van der Waals surface area contributed by atoms with Crippen molar-refractivity contribution < 1.29 is 4.92 Å². The number of aromatic nitrogens is 1. The summed E-state index contributed by atoms with van der Waals surface area (Å²) in [6.45, 7) is 2.08. The van der Waals surface area contributed by atoms with E-state index in [2.05, 4.69) is 23.5 Å². The van der Waals surface area contributed by atoms with Gasteiger partial charge in [-0.15, -0.1) is 0 Å². The Hall–Kier alpha value is -1.30. The highest BCUT2D eigenvalue weighted by atomic mass is 32.2. The van der Waals surface area contributed by atoms with E-state index in [0.717, 1.165) is 17.9 Å². The van der Waals surface area contributed by atoms with Crippen LogP contribution in [0.5, 0.6) is 0 Å². The van der Waals surface area contributed by atoms with Gasteiger partial charge in [0.15, 0.2) is 6.20 Å². The molecule has 0 aromatic carbocycles. The minimum Gasteiger partial charge on any atom is -0.380 e. The summed E-state index contributed by atoms with van der Waals surface area (Å²) in [5, 5.41) is 13.6. The average molecular weight is 241 g/mol. The summed E-state index contributed by atoms with van der Waals surface area (Å²) < 4.78 is 0. The van der Waals surface area contributed by atoms with E-state index in [9.17, 15) is 10.1 Å². The molecule has 16 heavy (non-hydrogen) atoms. The first kappa shape index (κ1) is 12.8. The Bertz CT molecular complexity index is 342. The van der Waals surface area contributed by atoms with Gasteiger partial charge in [0, 0.05) is 12.1 Å². The average Bonchev–Trinajstić information content (AvgIpc) is 2.27. The number of pyridine rings is 1. The molecule has 0 spiro atoms. The van der Waals surface area contributed by atoms with Crippen molar-refractivity contribution in [1.82, 2.24) is 4.98 Å². The number of rotatable bonds is 6. The van der Waals surface area contributed by atoms with Crippen molar-refractivity contribution in [3.63, 3.8) is 0 Å². The van der Waals surface area contributed by atoms with Crippen LogP contribution in [-0.4, -0.2) is 28.0 Å². The van der Waals surface area contributed by atoms with Crippen LogP contribution >= 0.6 is 11.8 Å². The SMILES string of the molecule is CSCCC(C)Nc1ccc([N+](=O)[O-])nc1. The fourth-order valence-corrected chi connectivity index (χ4v) is 1.82. The standard InChI is InChI=1S/C10H15N3O2S/c1-8(5-6-16-2)12-9-3-4-10(11-7-9)13(14)15/h3-4,7-8,12H,5-6H2,1-2H3. The molecule has 1 aromatic heterocycles. The molecule has 0 saturated heterocycles. The summed E-state index contributed by atoms with van der Waals surface area (Å²) in [5.74, 6) is 0.969. The van der Waals surface area contributed by atoms with Crippen LogP contribution in [0.4, 0.5) is 11.5 Å². The Morgan fingerprint density at radius 3 is 2.88 bits per heavy atom. The normalized spacial score (nSPS) is 12.1. The maximum absolute atomic E-state index is 10.4. The van der Waals surface area contributed by atoms with Gasteiger partial charge in [-0.3, -0.25) is 0 Å². The summed E-state index contributed by atoms with van der Waals surface area (Å²) in [6.07, 6.45) is 4.62. The van der Waals surface area contributed by atoms with Crippen molar-refractivity contribution in [1.29, 1.82) is 0 Å². The van der Waals surface area contributed by atoms with Crippen LogP contribution in [0.2, 0.25) is 0 Å². The minimum absolute atomic E-state index is 0.123. The van der Waals surface area contributed by atoms with Crippen LogP contribution in [0.15, 0.2) is 18.3 Å². The van der Waals surface area contributed by atoms with Gasteiger partial charge in [0.05, 0.1) is 5.69 Å². The summed E-state index contributed by atoms with van der Waals surface area (Å²) in [6, 6.07) is 3.43. The number of nitrogens with one attached hydrogen (secondary N) is 1. The lowest BCUT2D eigenvalue weighted by Gasteiger charge is -2.12. The van der Waals surface area contributed by atoms with E-state index in [4.69, 9.17) is 0 Å². The van der Waals surface area contributed by atoms with Crippen LogP contribution in [0, 0.1) is 10.1 Å². The number of anilines is 1. The third-order valence-electron chi connectivity index (χ3n) is 2.10. The zero-order valence-electron chi connectivity index (χ0n) is 9.34. The molecule has 0 fully saturated rings. The van der Waals surface area contributed by atoms with Crippen LogP contribution in [-0.2, 0) is 0 Å². The van der Waals surface area contributed by atoms with Crippen molar-refractivity contribution in [3.8, 4) is 0 Å². The van der Waals surface area contributed by atoms with Gasteiger partial charge in [0.25, 0.3) is 0 Å². The van der Waals surface area contributed by atoms with E-state index in [-0.39, 0.29) is 5.82 Å². The molecular weight excluding hydrogens is 226 g/mol. The Morgan fingerprint density at radius 2 is 2.38 bits per heavy atom. The topological polar surface area (TPSA) is 68.1 Å². The van der Waals surface area contributed by atoms with Gasteiger partial charge in [0.2, 0.25) is 0 Å². The van der Waals surface area contributed by atoms with Gasteiger partial charge in [-0.2, -0.15) is 11.8 Å². The minimum atomic E-state index is -0.499. The molecule has 0 radical (unpaired) electrons. The fraction of sp³-hybridized carbons (Fsp3) is 0.500. The van der Waals surface area contributed by atoms with E-state index in [1.807, 2.05) is 0 Å². The Kier molecular flexibility index (Phi) is 5.04. The number of nitro groups is 1. The first-order valence-electron chi connectivity index (χ1n) is 4.99. The molecule has 5 nitrogen and oxygen atoms in total. The van der Waals surface area contributed by atoms with Gasteiger partial charge >= 0.3 is 5.82 Å². The quantitative estimate of drug-likeness (QED) is 0.612. The van der Waals surface area contributed by atoms with Crippen molar-refractivity contribution in [2.45, 2.75) is 19.4 Å². The summed E-state index contributed by atoms with van der Waals surface area (Å²) in [7, 11) is 0. The second kappa shape index (κ2) is 6.32. The van der Waals surface area contributed by atoms with Crippen LogP contribution in [0.1, 0.15) is 13.3 Å². The summed E-state index contributed by atoms with van der Waals surface area (Å²) >= 11 is 1.80. The zero-order valence-corrected chi connectivity index (χ0v) is 10.2. The number of hydrogen-bond acceptors (Lipinski definition) is 5. The number of nitrogens with zero attached hydrogens (tertiary/aromatic N) is 2. The molecule has 0 saturated carbocycles. The lowest BCUT2D eigenvalue weighted by Crippen LogP contribution is -2.15.